The Morgan fingerprint density at radius 3 is 1.74 bits per heavy atom. The molecule has 14 heteroatoms. The summed E-state index contributed by atoms with van der Waals surface area (Å²) in [6.45, 7) is -0.623. The minimum Gasteiger partial charge on any atom is -0.480 e. The topological polar surface area (TPSA) is 214 Å². The summed E-state index contributed by atoms with van der Waals surface area (Å²) in [5.74, 6) is -3.61. The smallest absolute Gasteiger partial charge is 0.326 e. The first kappa shape index (κ1) is 29.0. The number of hydrogen-bond donors (Lipinski definition) is 7. The highest BCUT2D eigenvalue weighted by molar-refractivity contribution is 7.98. The van der Waals surface area contributed by atoms with Crippen LogP contribution in [0.2, 0.25) is 0 Å². The first-order valence-corrected chi connectivity index (χ1v) is 12.1. The average Bonchev–Trinajstić information content (AvgIpc) is 2.71. The zero-order valence-electron chi connectivity index (χ0n) is 17.5. The summed E-state index contributed by atoms with van der Waals surface area (Å²) >= 11 is 2.81. The summed E-state index contributed by atoms with van der Waals surface area (Å²) in [7, 11) is 0. The second-order valence-corrected chi connectivity index (χ2v) is 8.52. The summed E-state index contributed by atoms with van der Waals surface area (Å²) in [6.07, 6.45) is 3.34. The predicted octanol–water partition coefficient (Wildman–Crippen LogP) is -2.77. The molecule has 0 aliphatic carbocycles. The zero-order valence-corrected chi connectivity index (χ0v) is 19.1. The minimum absolute atomic E-state index is 0.144. The number of aliphatic hydroxyl groups is 1. The van der Waals surface area contributed by atoms with Crippen LogP contribution in [0, 0.1) is 0 Å². The van der Waals surface area contributed by atoms with Crippen molar-refractivity contribution in [3.8, 4) is 0 Å². The van der Waals surface area contributed by atoms with Crippen LogP contribution in [-0.2, 0) is 24.0 Å². The Balaban J connectivity index is 5.39. The third kappa shape index (κ3) is 11.8. The van der Waals surface area contributed by atoms with Crippen LogP contribution >= 0.6 is 23.5 Å². The number of aliphatic hydroxyl groups excluding tert-OH is 1. The number of carbonyl (C=O) groups excluding carboxylic acids is 4. The molecule has 0 radical (unpaired) electrons. The molecular weight excluding hydrogens is 450 g/mol. The van der Waals surface area contributed by atoms with Crippen molar-refractivity contribution >= 4 is 53.1 Å². The molecule has 0 aromatic carbocycles. The van der Waals surface area contributed by atoms with E-state index in [2.05, 4.69) is 16.0 Å². The molecule has 31 heavy (non-hydrogen) atoms. The number of primary amides is 1. The van der Waals surface area contributed by atoms with Crippen molar-refractivity contribution in [1.29, 1.82) is 0 Å². The van der Waals surface area contributed by atoms with E-state index < -0.39 is 66.8 Å². The largest absolute Gasteiger partial charge is 0.480 e. The average molecular weight is 482 g/mol. The maximum absolute atomic E-state index is 12.7. The summed E-state index contributed by atoms with van der Waals surface area (Å²) in [5.41, 5.74) is 10.6. The minimum atomic E-state index is -1.43. The van der Waals surface area contributed by atoms with Crippen LogP contribution in [-0.4, -0.2) is 94.6 Å². The quantitative estimate of drug-likeness (QED) is 0.120. The number of carbonyl (C=O) groups is 5. The van der Waals surface area contributed by atoms with Crippen LogP contribution in [0.4, 0.5) is 0 Å². The van der Waals surface area contributed by atoms with E-state index in [9.17, 15) is 29.1 Å². The molecule has 0 heterocycles. The van der Waals surface area contributed by atoms with Crippen LogP contribution in [0.15, 0.2) is 0 Å². The summed E-state index contributed by atoms with van der Waals surface area (Å²) < 4.78 is 0. The van der Waals surface area contributed by atoms with Gasteiger partial charge in [0.1, 0.15) is 24.2 Å². The number of amides is 4. The molecule has 4 atom stereocenters. The second kappa shape index (κ2) is 15.7. The van der Waals surface area contributed by atoms with Gasteiger partial charge in [-0.15, -0.1) is 0 Å². The van der Waals surface area contributed by atoms with E-state index in [1.165, 1.54) is 23.5 Å². The van der Waals surface area contributed by atoms with E-state index in [1.807, 2.05) is 0 Å². The van der Waals surface area contributed by atoms with Gasteiger partial charge in [0.25, 0.3) is 0 Å². The van der Waals surface area contributed by atoms with Crippen molar-refractivity contribution in [2.75, 3.05) is 30.6 Å². The fraction of sp³-hybridized carbons (Fsp3) is 0.706. The maximum atomic E-state index is 12.7. The zero-order chi connectivity index (χ0) is 24.0. The standard InChI is InChI=1S/C17H31N5O7S2/c1-30-5-3-10(20-14(25)9(18)8-23)15(26)22-12(7-13(19)24)16(27)21-11(17(28)29)4-6-31-2/h9-12,23H,3-8,18H2,1-2H3,(H2,19,24)(H,20,25)(H,21,27)(H,22,26)(H,28,29). The highest BCUT2D eigenvalue weighted by atomic mass is 32.2. The van der Waals surface area contributed by atoms with E-state index in [1.54, 1.807) is 12.5 Å². The number of rotatable bonds is 16. The van der Waals surface area contributed by atoms with Crippen LogP contribution in [0.3, 0.4) is 0 Å². The first-order valence-electron chi connectivity index (χ1n) is 9.33. The van der Waals surface area contributed by atoms with Crippen LogP contribution in [0.1, 0.15) is 19.3 Å². The number of thioether (sulfide) groups is 2. The van der Waals surface area contributed by atoms with Gasteiger partial charge in [-0.3, -0.25) is 19.2 Å². The highest BCUT2D eigenvalue weighted by Gasteiger charge is 2.30. The third-order valence-electron chi connectivity index (χ3n) is 4.04. The van der Waals surface area contributed by atoms with Gasteiger partial charge in [-0.05, 0) is 36.9 Å². The predicted molar refractivity (Wildman–Crippen MR) is 118 cm³/mol. The third-order valence-corrected chi connectivity index (χ3v) is 5.33. The van der Waals surface area contributed by atoms with Crippen LogP contribution in [0.25, 0.3) is 0 Å². The van der Waals surface area contributed by atoms with Crippen molar-refractivity contribution in [2.45, 2.75) is 43.4 Å². The first-order chi connectivity index (χ1) is 14.6. The SMILES string of the molecule is CSCCC(NC(=O)C(CC(N)=O)NC(=O)C(CCSC)NC(=O)C(N)CO)C(=O)O. The van der Waals surface area contributed by atoms with E-state index in [0.29, 0.717) is 11.5 Å². The second-order valence-electron chi connectivity index (χ2n) is 6.54. The van der Waals surface area contributed by atoms with Gasteiger partial charge < -0.3 is 37.6 Å². The highest BCUT2D eigenvalue weighted by Crippen LogP contribution is 2.05. The molecule has 12 nitrogen and oxygen atoms in total. The summed E-state index contributed by atoms with van der Waals surface area (Å²) in [6, 6.07) is -4.96. The van der Waals surface area contributed by atoms with E-state index in [4.69, 9.17) is 16.6 Å². The molecule has 0 bridgehead atoms. The summed E-state index contributed by atoms with van der Waals surface area (Å²) in [5, 5.41) is 25.3. The normalized spacial score (nSPS) is 14.6. The van der Waals surface area contributed by atoms with Gasteiger partial charge in [-0.1, -0.05) is 0 Å². The van der Waals surface area contributed by atoms with Crippen molar-refractivity contribution in [3.63, 3.8) is 0 Å². The van der Waals surface area contributed by atoms with Crippen molar-refractivity contribution in [2.24, 2.45) is 11.5 Å². The number of nitrogens with two attached hydrogens (primary N) is 2. The van der Waals surface area contributed by atoms with Crippen molar-refractivity contribution < 1.29 is 34.2 Å². The molecule has 0 aromatic heterocycles. The molecule has 0 aliphatic rings. The lowest BCUT2D eigenvalue weighted by Crippen LogP contribution is -2.58. The number of carboxylic acid groups (broad SMARTS) is 1. The van der Waals surface area contributed by atoms with Crippen molar-refractivity contribution in [3.05, 3.63) is 0 Å². The molecule has 0 aromatic rings. The molecule has 0 saturated carbocycles. The lowest BCUT2D eigenvalue weighted by molar-refractivity contribution is -0.142. The van der Waals surface area contributed by atoms with E-state index in [-0.39, 0.29) is 12.8 Å². The van der Waals surface area contributed by atoms with Gasteiger partial charge in [0.15, 0.2) is 0 Å². The van der Waals surface area contributed by atoms with Crippen LogP contribution < -0.4 is 27.4 Å². The maximum Gasteiger partial charge on any atom is 0.326 e. The molecule has 0 aliphatic heterocycles. The fourth-order valence-electron chi connectivity index (χ4n) is 2.31. The van der Waals surface area contributed by atoms with Crippen molar-refractivity contribution in [1.82, 2.24) is 16.0 Å². The number of nitrogens with one attached hydrogen (secondary N) is 3. The molecule has 4 amide bonds. The van der Waals surface area contributed by atoms with Gasteiger partial charge in [-0.25, -0.2) is 4.79 Å². The number of aliphatic carboxylic acids is 1. The summed E-state index contributed by atoms with van der Waals surface area (Å²) in [4.78, 5) is 60.0. The van der Waals surface area contributed by atoms with Gasteiger partial charge in [0.2, 0.25) is 23.6 Å². The Morgan fingerprint density at radius 2 is 1.29 bits per heavy atom. The lowest BCUT2D eigenvalue weighted by Gasteiger charge is -2.24. The molecule has 0 rings (SSSR count). The number of hydrogen-bond acceptors (Lipinski definition) is 9. The molecule has 9 N–H and O–H groups in total. The molecule has 0 fully saturated rings. The molecule has 0 spiro atoms. The van der Waals surface area contributed by atoms with Gasteiger partial charge in [0.05, 0.1) is 13.0 Å². The Bertz CT molecular complexity index is 638. The Hall–Kier alpha value is -2.03. The number of carboxylic acids is 1. The fourth-order valence-corrected chi connectivity index (χ4v) is 3.26. The molecule has 178 valence electrons. The lowest BCUT2D eigenvalue weighted by atomic mass is 10.1. The van der Waals surface area contributed by atoms with E-state index in [0.717, 1.165) is 0 Å². The Morgan fingerprint density at radius 1 is 0.839 bits per heavy atom. The van der Waals surface area contributed by atoms with E-state index >= 15 is 0 Å². The Labute approximate surface area is 189 Å². The van der Waals surface area contributed by atoms with Gasteiger partial charge in [0, 0.05) is 0 Å². The van der Waals surface area contributed by atoms with Gasteiger partial charge in [-0.2, -0.15) is 23.5 Å². The molecular formula is C17H31N5O7S2. The Kier molecular flexibility index (Phi) is 14.7. The molecule has 0 saturated heterocycles. The molecule has 4 unspecified atom stereocenters. The monoisotopic (exact) mass is 481 g/mol. The van der Waals surface area contributed by atoms with Crippen LogP contribution in [0.5, 0.6) is 0 Å². The van der Waals surface area contributed by atoms with Gasteiger partial charge >= 0.3 is 5.97 Å².